The van der Waals surface area contributed by atoms with Gasteiger partial charge in [0.15, 0.2) is 0 Å². The molecule has 2 heterocycles. The molecule has 1 aliphatic rings. The van der Waals surface area contributed by atoms with Gasteiger partial charge in [0.05, 0.1) is 17.3 Å². The Morgan fingerprint density at radius 3 is 2.50 bits per heavy atom. The molecule has 3 aromatic rings. The van der Waals surface area contributed by atoms with Crippen molar-refractivity contribution >= 4 is 0 Å². The quantitative estimate of drug-likeness (QED) is 0.715. The van der Waals surface area contributed by atoms with Gasteiger partial charge in [0.25, 0.3) is 0 Å². The third-order valence-electron chi connectivity index (χ3n) is 5.16. The van der Waals surface area contributed by atoms with Crippen LogP contribution in [-0.2, 0) is 13.6 Å². The molecule has 4 nitrogen and oxygen atoms in total. The molecule has 2 unspecified atom stereocenters. The van der Waals surface area contributed by atoms with Gasteiger partial charge >= 0.3 is 0 Å². The molecule has 4 rings (SSSR count). The highest BCUT2D eigenvalue weighted by molar-refractivity contribution is 5.63. The average Bonchev–Trinajstić information content (AvgIpc) is 3.02. The van der Waals surface area contributed by atoms with Gasteiger partial charge < -0.3 is 0 Å². The summed E-state index contributed by atoms with van der Waals surface area (Å²) in [6.45, 7) is 4.30. The molecule has 26 heavy (non-hydrogen) atoms. The van der Waals surface area contributed by atoms with Crippen molar-refractivity contribution < 1.29 is 0 Å². The van der Waals surface area contributed by atoms with Gasteiger partial charge in [0.2, 0.25) is 0 Å². The second kappa shape index (κ2) is 6.78. The van der Waals surface area contributed by atoms with Gasteiger partial charge in [0.1, 0.15) is 0 Å². The van der Waals surface area contributed by atoms with E-state index in [1.54, 1.807) is 0 Å². The third-order valence-corrected chi connectivity index (χ3v) is 5.16. The first-order valence-electron chi connectivity index (χ1n) is 8.98. The fourth-order valence-electron chi connectivity index (χ4n) is 3.98. The maximum atomic E-state index is 9.00. The molecular weight excluding hydrogens is 320 g/mol. The van der Waals surface area contributed by atoms with E-state index in [0.29, 0.717) is 17.5 Å². The Hall–Kier alpha value is -2.90. The first-order chi connectivity index (χ1) is 12.7. The molecule has 0 radical (unpaired) electrons. The number of hydrogen-bond donors (Lipinski definition) is 0. The Morgan fingerprint density at radius 2 is 1.85 bits per heavy atom. The Kier molecular flexibility index (Phi) is 4.32. The van der Waals surface area contributed by atoms with Gasteiger partial charge in [-0.05, 0) is 23.6 Å². The maximum absolute atomic E-state index is 9.00. The second-order valence-corrected chi connectivity index (χ2v) is 7.13. The normalized spacial score (nSPS) is 19.7. The molecule has 130 valence electrons. The average molecular weight is 342 g/mol. The lowest BCUT2D eigenvalue weighted by Gasteiger charge is -2.47. The second-order valence-electron chi connectivity index (χ2n) is 7.13. The summed E-state index contributed by atoms with van der Waals surface area (Å²) in [5.41, 5.74) is 5.35. The molecule has 2 aromatic carbocycles. The highest BCUT2D eigenvalue weighted by atomic mass is 15.3. The Bertz CT molecular complexity index is 935. The number of aryl methyl sites for hydroxylation is 1. The Labute approximate surface area is 154 Å². The van der Waals surface area contributed by atoms with Gasteiger partial charge in [-0.1, -0.05) is 49.4 Å². The smallest absolute Gasteiger partial charge is 0.0991 e. The summed E-state index contributed by atoms with van der Waals surface area (Å²) in [4.78, 5) is 2.52. The van der Waals surface area contributed by atoms with E-state index in [2.05, 4.69) is 59.5 Å². The van der Waals surface area contributed by atoms with Crippen LogP contribution < -0.4 is 0 Å². The SMILES string of the molecule is CC1CN(Cc2cn(C)nc2-c2ccc(C#N)cc2)C1c1ccccc1. The summed E-state index contributed by atoms with van der Waals surface area (Å²) >= 11 is 0. The highest BCUT2D eigenvalue weighted by Crippen LogP contribution is 2.40. The maximum Gasteiger partial charge on any atom is 0.0991 e. The zero-order valence-corrected chi connectivity index (χ0v) is 15.1. The fourth-order valence-corrected chi connectivity index (χ4v) is 3.98. The molecule has 1 fully saturated rings. The van der Waals surface area contributed by atoms with Crippen LogP contribution in [-0.4, -0.2) is 21.2 Å². The van der Waals surface area contributed by atoms with Crippen molar-refractivity contribution in [2.24, 2.45) is 13.0 Å². The number of hydrogen-bond acceptors (Lipinski definition) is 3. The molecule has 0 saturated carbocycles. The van der Waals surface area contributed by atoms with E-state index in [-0.39, 0.29) is 0 Å². The summed E-state index contributed by atoms with van der Waals surface area (Å²) in [6, 6.07) is 21.1. The molecule has 1 saturated heterocycles. The van der Waals surface area contributed by atoms with Crippen molar-refractivity contribution in [3.8, 4) is 17.3 Å². The topological polar surface area (TPSA) is 44.9 Å². The molecule has 4 heteroatoms. The van der Waals surface area contributed by atoms with Crippen molar-refractivity contribution in [1.82, 2.24) is 14.7 Å². The van der Waals surface area contributed by atoms with Crippen LogP contribution in [0.5, 0.6) is 0 Å². The van der Waals surface area contributed by atoms with Crippen LogP contribution in [0, 0.1) is 17.2 Å². The zero-order valence-electron chi connectivity index (χ0n) is 15.1. The van der Waals surface area contributed by atoms with Crippen LogP contribution in [0.15, 0.2) is 60.8 Å². The molecule has 1 aliphatic heterocycles. The minimum Gasteiger partial charge on any atom is -0.291 e. The Balaban J connectivity index is 1.60. The molecule has 0 aliphatic carbocycles. The molecule has 0 spiro atoms. The van der Waals surface area contributed by atoms with E-state index in [4.69, 9.17) is 5.26 Å². The van der Waals surface area contributed by atoms with E-state index >= 15 is 0 Å². The number of nitrogens with zero attached hydrogens (tertiary/aromatic N) is 4. The molecule has 0 bridgehead atoms. The van der Waals surface area contributed by atoms with Crippen LogP contribution in [0.4, 0.5) is 0 Å². The van der Waals surface area contributed by atoms with Gasteiger partial charge in [-0.15, -0.1) is 0 Å². The van der Waals surface area contributed by atoms with Gasteiger partial charge in [-0.2, -0.15) is 10.4 Å². The molecular formula is C22H22N4. The monoisotopic (exact) mass is 342 g/mol. The lowest BCUT2D eigenvalue weighted by molar-refractivity contribution is 0.0164. The van der Waals surface area contributed by atoms with Gasteiger partial charge in [0, 0.05) is 43.5 Å². The first kappa shape index (κ1) is 16.6. The predicted octanol–water partition coefficient (Wildman–Crippen LogP) is 4.15. The fraction of sp³-hybridized carbons (Fsp3) is 0.273. The minimum absolute atomic E-state index is 0.463. The Morgan fingerprint density at radius 1 is 1.12 bits per heavy atom. The summed E-state index contributed by atoms with van der Waals surface area (Å²) in [6.07, 6.45) is 2.11. The van der Waals surface area contributed by atoms with E-state index in [0.717, 1.165) is 24.3 Å². The largest absolute Gasteiger partial charge is 0.291 e. The number of rotatable bonds is 4. The van der Waals surface area contributed by atoms with Crippen molar-refractivity contribution in [1.29, 1.82) is 5.26 Å². The van der Waals surface area contributed by atoms with Crippen molar-refractivity contribution in [2.45, 2.75) is 19.5 Å². The number of benzene rings is 2. The summed E-state index contributed by atoms with van der Waals surface area (Å²) in [5, 5.41) is 13.7. The highest BCUT2D eigenvalue weighted by Gasteiger charge is 2.37. The number of nitriles is 1. The lowest BCUT2D eigenvalue weighted by atomic mass is 9.84. The van der Waals surface area contributed by atoms with E-state index < -0.39 is 0 Å². The standard InChI is InChI=1S/C22H22N4/c1-16-13-26(22(16)19-6-4-3-5-7-19)15-20-14-25(2)24-21(20)18-10-8-17(12-23)9-11-18/h3-11,14,16,22H,13,15H2,1-2H3. The molecule has 2 atom stereocenters. The van der Waals surface area contributed by atoms with E-state index in [1.807, 2.05) is 36.0 Å². The van der Waals surface area contributed by atoms with Crippen LogP contribution in [0.3, 0.4) is 0 Å². The minimum atomic E-state index is 0.463. The van der Waals surface area contributed by atoms with Gasteiger partial charge in [-0.3, -0.25) is 9.58 Å². The predicted molar refractivity (Wildman–Crippen MR) is 102 cm³/mol. The van der Waals surface area contributed by atoms with E-state index in [9.17, 15) is 0 Å². The first-order valence-corrected chi connectivity index (χ1v) is 8.98. The van der Waals surface area contributed by atoms with Crippen molar-refractivity contribution in [3.63, 3.8) is 0 Å². The molecule has 0 N–H and O–H groups in total. The number of aromatic nitrogens is 2. The van der Waals surface area contributed by atoms with Crippen LogP contribution in [0.25, 0.3) is 11.3 Å². The summed E-state index contributed by atoms with van der Waals surface area (Å²) < 4.78 is 1.88. The van der Waals surface area contributed by atoms with E-state index in [1.165, 1.54) is 11.1 Å². The molecule has 0 amide bonds. The lowest BCUT2D eigenvalue weighted by Crippen LogP contribution is -2.47. The zero-order chi connectivity index (χ0) is 18.1. The van der Waals surface area contributed by atoms with Gasteiger partial charge in [-0.25, -0.2) is 0 Å². The summed E-state index contributed by atoms with van der Waals surface area (Å²) in [5.74, 6) is 0.660. The van der Waals surface area contributed by atoms with Crippen LogP contribution in [0.2, 0.25) is 0 Å². The molecule has 1 aromatic heterocycles. The third kappa shape index (κ3) is 3.02. The van der Waals surface area contributed by atoms with Crippen molar-refractivity contribution in [3.05, 3.63) is 77.5 Å². The summed E-state index contributed by atoms with van der Waals surface area (Å²) in [7, 11) is 1.96. The van der Waals surface area contributed by atoms with Crippen molar-refractivity contribution in [2.75, 3.05) is 6.54 Å². The van der Waals surface area contributed by atoms with Crippen LogP contribution in [0.1, 0.15) is 29.7 Å². The van der Waals surface area contributed by atoms with Crippen LogP contribution >= 0.6 is 0 Å². The number of likely N-dealkylation sites (tertiary alicyclic amines) is 1.